The van der Waals surface area contributed by atoms with Crippen LogP contribution in [0.15, 0.2) is 5.10 Å². The molecule has 7 heteroatoms. The highest BCUT2D eigenvalue weighted by Gasteiger charge is 2.16. The second kappa shape index (κ2) is 7.40. The number of hydrogen-bond donors (Lipinski definition) is 2. The minimum absolute atomic E-state index is 0.128. The van der Waals surface area contributed by atoms with E-state index in [1.54, 1.807) is 0 Å². The van der Waals surface area contributed by atoms with Crippen LogP contribution in [-0.4, -0.2) is 40.8 Å². The molecule has 22 heavy (non-hydrogen) atoms. The maximum Gasteiger partial charge on any atom is 0.335 e. The number of amides is 2. The van der Waals surface area contributed by atoms with Crippen LogP contribution in [0.2, 0.25) is 0 Å². The van der Waals surface area contributed by atoms with Gasteiger partial charge in [-0.2, -0.15) is 10.2 Å². The SMILES string of the molecule is CCn1nc(C)c(C(C)=NNC(=O)NC[C@H]2CCCO2)c1C. The van der Waals surface area contributed by atoms with E-state index in [0.717, 1.165) is 48.7 Å². The molecule has 0 aliphatic carbocycles. The third-order valence-electron chi connectivity index (χ3n) is 3.88. The topological polar surface area (TPSA) is 80.5 Å². The summed E-state index contributed by atoms with van der Waals surface area (Å²) in [6.45, 7) is 10.00. The smallest absolute Gasteiger partial charge is 0.335 e. The first-order valence-corrected chi connectivity index (χ1v) is 7.77. The molecule has 1 aliphatic rings. The van der Waals surface area contributed by atoms with Crippen molar-refractivity contribution in [2.75, 3.05) is 13.2 Å². The zero-order valence-corrected chi connectivity index (χ0v) is 13.8. The molecule has 2 heterocycles. The first-order valence-electron chi connectivity index (χ1n) is 7.77. The third kappa shape index (κ3) is 3.85. The van der Waals surface area contributed by atoms with Crippen LogP contribution in [0, 0.1) is 13.8 Å². The molecule has 122 valence electrons. The molecule has 1 fully saturated rings. The molecule has 1 atom stereocenters. The third-order valence-corrected chi connectivity index (χ3v) is 3.88. The lowest BCUT2D eigenvalue weighted by Gasteiger charge is -2.10. The predicted octanol–water partition coefficient (Wildman–Crippen LogP) is 1.72. The van der Waals surface area contributed by atoms with Crippen molar-refractivity contribution in [3.63, 3.8) is 0 Å². The van der Waals surface area contributed by atoms with Crippen molar-refractivity contribution < 1.29 is 9.53 Å². The van der Waals surface area contributed by atoms with E-state index in [9.17, 15) is 4.79 Å². The van der Waals surface area contributed by atoms with Crippen LogP contribution in [0.3, 0.4) is 0 Å². The Kier molecular flexibility index (Phi) is 5.54. The zero-order chi connectivity index (χ0) is 16.1. The van der Waals surface area contributed by atoms with Gasteiger partial charge in [-0.3, -0.25) is 4.68 Å². The molecule has 0 saturated carbocycles. The number of hydrogen-bond acceptors (Lipinski definition) is 4. The second-order valence-corrected chi connectivity index (χ2v) is 5.52. The van der Waals surface area contributed by atoms with Crippen molar-refractivity contribution in [3.8, 4) is 0 Å². The van der Waals surface area contributed by atoms with Crippen LogP contribution in [0.1, 0.15) is 43.6 Å². The average Bonchev–Trinajstić information content (AvgIpc) is 3.10. The summed E-state index contributed by atoms with van der Waals surface area (Å²) in [6.07, 6.45) is 2.19. The summed E-state index contributed by atoms with van der Waals surface area (Å²) in [5, 5.41) is 11.4. The van der Waals surface area contributed by atoms with E-state index in [0.29, 0.717) is 6.54 Å². The van der Waals surface area contributed by atoms with Crippen molar-refractivity contribution >= 4 is 11.7 Å². The summed E-state index contributed by atoms with van der Waals surface area (Å²) < 4.78 is 7.39. The van der Waals surface area contributed by atoms with E-state index in [-0.39, 0.29) is 12.1 Å². The average molecular weight is 307 g/mol. The standard InChI is InChI=1S/C15H25N5O2/c1-5-20-12(4)14(11(3)19-20)10(2)17-18-15(21)16-9-13-7-6-8-22-13/h13H,5-9H2,1-4H3,(H2,16,18,21)/t13-/m1/s1. The zero-order valence-electron chi connectivity index (χ0n) is 13.8. The molecule has 1 aliphatic heterocycles. The molecule has 2 rings (SSSR count). The maximum atomic E-state index is 11.8. The summed E-state index contributed by atoms with van der Waals surface area (Å²) in [6, 6.07) is -0.312. The molecule has 0 radical (unpaired) electrons. The lowest BCUT2D eigenvalue weighted by atomic mass is 10.1. The van der Waals surface area contributed by atoms with Gasteiger partial charge in [0.25, 0.3) is 0 Å². The van der Waals surface area contributed by atoms with Gasteiger partial charge in [0.15, 0.2) is 0 Å². The molecule has 7 nitrogen and oxygen atoms in total. The number of carbonyl (C=O) groups excluding carboxylic acids is 1. The Morgan fingerprint density at radius 3 is 2.86 bits per heavy atom. The van der Waals surface area contributed by atoms with Gasteiger partial charge in [-0.15, -0.1) is 0 Å². The van der Waals surface area contributed by atoms with Gasteiger partial charge in [-0.1, -0.05) is 0 Å². The highest BCUT2D eigenvalue weighted by atomic mass is 16.5. The maximum absolute atomic E-state index is 11.8. The summed E-state index contributed by atoms with van der Waals surface area (Å²) in [5.41, 5.74) is 6.25. The molecule has 1 aromatic heterocycles. The number of aromatic nitrogens is 2. The van der Waals surface area contributed by atoms with Gasteiger partial charge in [0.05, 0.1) is 17.5 Å². The van der Waals surface area contributed by atoms with Crippen LogP contribution < -0.4 is 10.7 Å². The normalized spacial score (nSPS) is 18.5. The molecule has 2 N–H and O–H groups in total. The number of ether oxygens (including phenoxy) is 1. The molecule has 0 bridgehead atoms. The Bertz CT molecular complexity index is 559. The largest absolute Gasteiger partial charge is 0.376 e. The molecule has 0 unspecified atom stereocenters. The number of nitrogens with one attached hydrogen (secondary N) is 2. The van der Waals surface area contributed by atoms with Gasteiger partial charge < -0.3 is 10.1 Å². The van der Waals surface area contributed by atoms with Gasteiger partial charge in [0, 0.05) is 31.0 Å². The minimum atomic E-state index is -0.312. The van der Waals surface area contributed by atoms with E-state index in [1.807, 2.05) is 32.4 Å². The lowest BCUT2D eigenvalue weighted by molar-refractivity contribution is 0.111. The van der Waals surface area contributed by atoms with E-state index >= 15 is 0 Å². The fraction of sp³-hybridized carbons (Fsp3) is 0.667. The van der Waals surface area contributed by atoms with Crippen LogP contribution in [0.4, 0.5) is 4.79 Å². The Hall–Kier alpha value is -1.89. The van der Waals surface area contributed by atoms with Crippen LogP contribution in [0.5, 0.6) is 0 Å². The monoisotopic (exact) mass is 307 g/mol. The number of nitrogens with zero attached hydrogens (tertiary/aromatic N) is 3. The quantitative estimate of drug-likeness (QED) is 0.642. The van der Waals surface area contributed by atoms with Gasteiger partial charge >= 0.3 is 6.03 Å². The fourth-order valence-corrected chi connectivity index (χ4v) is 2.77. The fourth-order valence-electron chi connectivity index (χ4n) is 2.77. The van der Waals surface area contributed by atoms with Crippen LogP contribution in [0.25, 0.3) is 0 Å². The highest BCUT2D eigenvalue weighted by molar-refractivity contribution is 6.01. The van der Waals surface area contributed by atoms with Gasteiger partial charge in [-0.25, -0.2) is 10.2 Å². The summed E-state index contributed by atoms with van der Waals surface area (Å²) in [7, 11) is 0. The number of aryl methyl sites for hydroxylation is 2. The summed E-state index contributed by atoms with van der Waals surface area (Å²) in [5.74, 6) is 0. The van der Waals surface area contributed by atoms with Crippen molar-refractivity contribution in [1.29, 1.82) is 0 Å². The van der Waals surface area contributed by atoms with E-state index in [4.69, 9.17) is 4.74 Å². The van der Waals surface area contributed by atoms with Gasteiger partial charge in [0.1, 0.15) is 0 Å². The van der Waals surface area contributed by atoms with Crippen molar-refractivity contribution in [3.05, 3.63) is 17.0 Å². The van der Waals surface area contributed by atoms with Crippen LogP contribution >= 0.6 is 0 Å². The Morgan fingerprint density at radius 2 is 2.27 bits per heavy atom. The first kappa shape index (κ1) is 16.5. The van der Waals surface area contributed by atoms with Gasteiger partial charge in [-0.05, 0) is 40.5 Å². The summed E-state index contributed by atoms with van der Waals surface area (Å²) >= 11 is 0. The molecule has 0 aromatic carbocycles. The van der Waals surface area contributed by atoms with Crippen molar-refractivity contribution in [2.45, 2.75) is 53.2 Å². The molecular formula is C15H25N5O2. The first-order chi connectivity index (χ1) is 10.5. The number of hydrazone groups is 1. The molecular weight excluding hydrogens is 282 g/mol. The van der Waals surface area contributed by atoms with Crippen molar-refractivity contribution in [1.82, 2.24) is 20.5 Å². The molecule has 1 saturated heterocycles. The van der Waals surface area contributed by atoms with E-state index in [2.05, 4.69) is 20.9 Å². The van der Waals surface area contributed by atoms with E-state index in [1.165, 1.54) is 0 Å². The van der Waals surface area contributed by atoms with Crippen molar-refractivity contribution in [2.24, 2.45) is 5.10 Å². The summed E-state index contributed by atoms with van der Waals surface area (Å²) in [4.78, 5) is 11.8. The number of rotatable bonds is 5. The Morgan fingerprint density at radius 1 is 1.50 bits per heavy atom. The predicted molar refractivity (Wildman–Crippen MR) is 85.1 cm³/mol. The van der Waals surface area contributed by atoms with Crippen LogP contribution in [-0.2, 0) is 11.3 Å². The number of carbonyl (C=O) groups is 1. The highest BCUT2D eigenvalue weighted by Crippen LogP contribution is 2.14. The Labute approximate surface area is 131 Å². The molecule has 2 amide bonds. The second-order valence-electron chi connectivity index (χ2n) is 5.52. The molecule has 1 aromatic rings. The Balaban J connectivity index is 1.91. The van der Waals surface area contributed by atoms with E-state index < -0.39 is 0 Å². The number of urea groups is 1. The molecule has 0 spiro atoms. The minimum Gasteiger partial charge on any atom is -0.376 e. The van der Waals surface area contributed by atoms with Gasteiger partial charge in [0.2, 0.25) is 0 Å². The lowest BCUT2D eigenvalue weighted by Crippen LogP contribution is -2.37.